The van der Waals surface area contributed by atoms with Gasteiger partial charge in [0.1, 0.15) is 5.82 Å². The van der Waals surface area contributed by atoms with Crippen LogP contribution in [0.25, 0.3) is 5.52 Å². The lowest BCUT2D eigenvalue weighted by Gasteiger charge is -2.16. The monoisotopic (exact) mass is 189 g/mol. The maximum Gasteiger partial charge on any atom is 0.132 e. The van der Waals surface area contributed by atoms with E-state index in [9.17, 15) is 0 Å². The average molecular weight is 189 g/mol. The van der Waals surface area contributed by atoms with Gasteiger partial charge in [-0.05, 0) is 38.5 Å². The number of pyridine rings is 1. The van der Waals surface area contributed by atoms with E-state index in [0.717, 1.165) is 11.3 Å². The van der Waals surface area contributed by atoms with Crippen molar-refractivity contribution in [1.29, 1.82) is 0 Å². The van der Waals surface area contributed by atoms with Crippen LogP contribution in [0.5, 0.6) is 0 Å². The third-order valence-corrected chi connectivity index (χ3v) is 2.26. The predicted molar refractivity (Wildman–Crippen MR) is 57.1 cm³/mol. The molecular formula is C11H15N3. The number of rotatable bonds is 1. The van der Waals surface area contributed by atoms with Gasteiger partial charge in [-0.25, -0.2) is 4.98 Å². The standard InChI is InChI=1S/C11H15N3/c1-8-4-5-14-9(6-8)7-13-10(14)11(2,3)12/h4-7H,12H2,1-3H3. The van der Waals surface area contributed by atoms with E-state index < -0.39 is 5.54 Å². The number of nitrogens with zero attached hydrogens (tertiary/aromatic N) is 2. The Hall–Kier alpha value is -1.35. The Bertz CT molecular complexity index is 463. The second kappa shape index (κ2) is 2.82. The molecule has 0 aromatic carbocycles. The van der Waals surface area contributed by atoms with Gasteiger partial charge < -0.3 is 10.1 Å². The van der Waals surface area contributed by atoms with E-state index >= 15 is 0 Å². The van der Waals surface area contributed by atoms with Crippen molar-refractivity contribution in [3.8, 4) is 0 Å². The second-order valence-corrected chi connectivity index (χ2v) is 4.30. The zero-order chi connectivity index (χ0) is 10.3. The van der Waals surface area contributed by atoms with Crippen LogP contribution in [0.2, 0.25) is 0 Å². The molecule has 74 valence electrons. The van der Waals surface area contributed by atoms with Crippen LogP contribution in [0.4, 0.5) is 0 Å². The normalized spacial score (nSPS) is 12.3. The maximum absolute atomic E-state index is 6.02. The third-order valence-electron chi connectivity index (χ3n) is 2.26. The summed E-state index contributed by atoms with van der Waals surface area (Å²) in [6.07, 6.45) is 3.87. The van der Waals surface area contributed by atoms with E-state index in [-0.39, 0.29) is 0 Å². The molecule has 0 amide bonds. The molecule has 0 spiro atoms. The smallest absolute Gasteiger partial charge is 0.132 e. The molecular weight excluding hydrogens is 174 g/mol. The van der Waals surface area contributed by atoms with Gasteiger partial charge in [0.2, 0.25) is 0 Å². The summed E-state index contributed by atoms with van der Waals surface area (Å²) in [5.74, 6) is 0.896. The Kier molecular flexibility index (Phi) is 1.86. The number of aromatic nitrogens is 2. The van der Waals surface area contributed by atoms with E-state index in [1.54, 1.807) is 0 Å². The largest absolute Gasteiger partial charge is 0.319 e. The van der Waals surface area contributed by atoms with E-state index in [1.807, 2.05) is 30.6 Å². The summed E-state index contributed by atoms with van der Waals surface area (Å²) in [6.45, 7) is 5.99. The van der Waals surface area contributed by atoms with E-state index in [0.29, 0.717) is 0 Å². The molecule has 0 bridgehead atoms. The number of aryl methyl sites for hydroxylation is 1. The second-order valence-electron chi connectivity index (χ2n) is 4.30. The predicted octanol–water partition coefficient (Wildman–Crippen LogP) is 1.84. The van der Waals surface area contributed by atoms with Crippen molar-refractivity contribution in [3.05, 3.63) is 35.9 Å². The minimum atomic E-state index is -0.401. The zero-order valence-corrected chi connectivity index (χ0v) is 8.78. The fraction of sp³-hybridized carbons (Fsp3) is 0.364. The van der Waals surface area contributed by atoms with Gasteiger partial charge in [-0.2, -0.15) is 0 Å². The van der Waals surface area contributed by atoms with Crippen molar-refractivity contribution in [3.63, 3.8) is 0 Å². The van der Waals surface area contributed by atoms with Crippen LogP contribution >= 0.6 is 0 Å². The van der Waals surface area contributed by atoms with Crippen LogP contribution in [0.15, 0.2) is 24.5 Å². The molecule has 3 nitrogen and oxygen atoms in total. The van der Waals surface area contributed by atoms with E-state index in [2.05, 4.69) is 24.0 Å². The molecule has 2 aromatic heterocycles. The molecule has 0 aliphatic heterocycles. The number of fused-ring (bicyclic) bond motifs is 1. The van der Waals surface area contributed by atoms with Gasteiger partial charge >= 0.3 is 0 Å². The van der Waals surface area contributed by atoms with E-state index in [1.165, 1.54) is 5.56 Å². The highest BCUT2D eigenvalue weighted by atomic mass is 15.1. The Morgan fingerprint density at radius 3 is 2.79 bits per heavy atom. The average Bonchev–Trinajstić information content (AvgIpc) is 2.45. The van der Waals surface area contributed by atoms with Gasteiger partial charge in [-0.1, -0.05) is 0 Å². The fourth-order valence-electron chi connectivity index (χ4n) is 1.59. The molecule has 14 heavy (non-hydrogen) atoms. The summed E-state index contributed by atoms with van der Waals surface area (Å²) in [6, 6.07) is 4.16. The molecule has 0 atom stereocenters. The molecule has 2 rings (SSSR count). The summed E-state index contributed by atoms with van der Waals surface area (Å²) >= 11 is 0. The Morgan fingerprint density at radius 1 is 1.43 bits per heavy atom. The molecule has 0 fully saturated rings. The lowest BCUT2D eigenvalue weighted by Crippen LogP contribution is -2.31. The minimum absolute atomic E-state index is 0.401. The first-order chi connectivity index (χ1) is 6.48. The highest BCUT2D eigenvalue weighted by molar-refractivity contribution is 5.48. The summed E-state index contributed by atoms with van der Waals surface area (Å²) in [5.41, 5.74) is 7.95. The Balaban J connectivity index is 2.70. The molecule has 2 N–H and O–H groups in total. The van der Waals surface area contributed by atoms with Crippen LogP contribution in [-0.2, 0) is 5.54 Å². The van der Waals surface area contributed by atoms with Crippen LogP contribution < -0.4 is 5.73 Å². The summed E-state index contributed by atoms with van der Waals surface area (Å²) in [7, 11) is 0. The molecule has 2 aromatic rings. The molecule has 0 aliphatic rings. The van der Waals surface area contributed by atoms with Crippen LogP contribution in [-0.4, -0.2) is 9.38 Å². The zero-order valence-electron chi connectivity index (χ0n) is 8.78. The topological polar surface area (TPSA) is 43.3 Å². The fourth-order valence-corrected chi connectivity index (χ4v) is 1.59. The maximum atomic E-state index is 6.02. The van der Waals surface area contributed by atoms with Crippen molar-refractivity contribution in [1.82, 2.24) is 9.38 Å². The number of nitrogens with two attached hydrogens (primary N) is 1. The Morgan fingerprint density at radius 2 is 2.14 bits per heavy atom. The quantitative estimate of drug-likeness (QED) is 0.743. The lowest BCUT2D eigenvalue weighted by atomic mass is 10.1. The molecule has 0 aliphatic carbocycles. The van der Waals surface area contributed by atoms with Crippen molar-refractivity contribution in [2.24, 2.45) is 5.73 Å². The molecule has 3 heteroatoms. The SMILES string of the molecule is Cc1ccn2c(C(C)(C)N)ncc2c1. The highest BCUT2D eigenvalue weighted by Gasteiger charge is 2.19. The van der Waals surface area contributed by atoms with Crippen molar-refractivity contribution in [2.45, 2.75) is 26.3 Å². The highest BCUT2D eigenvalue weighted by Crippen LogP contribution is 2.17. The first-order valence-electron chi connectivity index (χ1n) is 4.71. The lowest BCUT2D eigenvalue weighted by molar-refractivity contribution is 0.512. The van der Waals surface area contributed by atoms with E-state index in [4.69, 9.17) is 5.73 Å². The third kappa shape index (κ3) is 1.40. The van der Waals surface area contributed by atoms with Crippen molar-refractivity contribution < 1.29 is 0 Å². The summed E-state index contributed by atoms with van der Waals surface area (Å²) < 4.78 is 2.03. The van der Waals surface area contributed by atoms with Crippen LogP contribution in [0, 0.1) is 6.92 Å². The van der Waals surface area contributed by atoms with Gasteiger partial charge in [-0.15, -0.1) is 0 Å². The van der Waals surface area contributed by atoms with Crippen LogP contribution in [0.1, 0.15) is 25.2 Å². The first-order valence-corrected chi connectivity index (χ1v) is 4.71. The Labute approximate surface area is 83.6 Å². The minimum Gasteiger partial charge on any atom is -0.319 e. The van der Waals surface area contributed by atoms with Gasteiger partial charge in [0, 0.05) is 6.20 Å². The van der Waals surface area contributed by atoms with Gasteiger partial charge in [0.15, 0.2) is 0 Å². The molecule has 0 unspecified atom stereocenters. The molecule has 0 saturated carbocycles. The number of hydrogen-bond acceptors (Lipinski definition) is 2. The summed E-state index contributed by atoms with van der Waals surface area (Å²) in [4.78, 5) is 4.35. The molecule has 2 heterocycles. The van der Waals surface area contributed by atoms with Crippen LogP contribution in [0.3, 0.4) is 0 Å². The van der Waals surface area contributed by atoms with Crippen molar-refractivity contribution in [2.75, 3.05) is 0 Å². The number of hydrogen-bond donors (Lipinski definition) is 1. The van der Waals surface area contributed by atoms with Crippen molar-refractivity contribution >= 4 is 5.52 Å². The molecule has 0 radical (unpaired) electrons. The van der Waals surface area contributed by atoms with Gasteiger partial charge in [-0.3, -0.25) is 0 Å². The van der Waals surface area contributed by atoms with Gasteiger partial charge in [0.25, 0.3) is 0 Å². The molecule has 0 saturated heterocycles. The number of imidazole rings is 1. The van der Waals surface area contributed by atoms with Gasteiger partial charge in [0.05, 0.1) is 17.3 Å². The first kappa shape index (κ1) is 9.21. The summed E-state index contributed by atoms with van der Waals surface area (Å²) in [5, 5.41) is 0.